The highest BCUT2D eigenvalue weighted by Gasteiger charge is 1.91. The molecule has 0 bridgehead atoms. The number of nitrogens with zero attached hydrogens (tertiary/aromatic N) is 1. The summed E-state index contributed by atoms with van der Waals surface area (Å²) >= 11 is 0. The van der Waals surface area contributed by atoms with Crippen molar-refractivity contribution in [1.29, 1.82) is 0 Å². The first kappa shape index (κ1) is 10.6. The van der Waals surface area contributed by atoms with E-state index < -0.39 is 0 Å². The van der Waals surface area contributed by atoms with Gasteiger partial charge in [0.25, 0.3) is 0 Å². The van der Waals surface area contributed by atoms with Crippen molar-refractivity contribution >= 4 is 13.9 Å². The fourth-order valence-electron chi connectivity index (χ4n) is 0.748. The third-order valence-electron chi connectivity index (χ3n) is 1.28. The smallest absolute Gasteiger partial charge is 0.0446 e. The maximum absolute atomic E-state index is 4.16. The third-order valence-corrected chi connectivity index (χ3v) is 2.34. The molecule has 0 aliphatic rings. The van der Waals surface area contributed by atoms with E-state index >= 15 is 0 Å². The molecule has 0 aliphatic heterocycles. The zero-order valence-electron chi connectivity index (χ0n) is 7.68. The van der Waals surface area contributed by atoms with Gasteiger partial charge in [-0.05, 0) is 25.0 Å². The van der Waals surface area contributed by atoms with Gasteiger partial charge in [-0.1, -0.05) is 28.5 Å². The van der Waals surface area contributed by atoms with Crippen LogP contribution in [-0.2, 0) is 0 Å². The second kappa shape index (κ2) is 6.30. The van der Waals surface area contributed by atoms with Crippen LogP contribution in [0.5, 0.6) is 0 Å². The molecule has 1 nitrogen and oxygen atoms in total. The molecule has 0 fully saturated rings. The lowest BCUT2D eigenvalue weighted by Gasteiger charge is -1.97. The molecule has 0 saturated carbocycles. The van der Waals surface area contributed by atoms with Gasteiger partial charge in [-0.25, -0.2) is 0 Å². The zero-order chi connectivity index (χ0) is 8.69. The van der Waals surface area contributed by atoms with Crippen LogP contribution < -0.4 is 5.30 Å². The first-order valence-electron chi connectivity index (χ1n) is 3.94. The van der Waals surface area contributed by atoms with Gasteiger partial charge < -0.3 is 0 Å². The molecule has 0 aliphatic carbocycles. The number of hydrogen-bond donors (Lipinski definition) is 0. The van der Waals surface area contributed by atoms with Crippen molar-refractivity contribution in [2.24, 2.45) is 0 Å². The molecule has 1 unspecified atom stereocenters. The predicted molar refractivity (Wildman–Crippen MR) is 54.2 cm³/mol. The second-order valence-electron chi connectivity index (χ2n) is 1.89. The monoisotopic (exact) mass is 169 g/mol. The van der Waals surface area contributed by atoms with Crippen molar-refractivity contribution in [1.82, 2.24) is 4.98 Å². The number of rotatable bonds is 1. The Morgan fingerprint density at radius 3 is 2.36 bits per heavy atom. The van der Waals surface area contributed by atoms with E-state index in [1.54, 1.807) is 0 Å². The first-order valence-corrected chi connectivity index (χ1v) is 5.44. The summed E-state index contributed by atoms with van der Waals surface area (Å²) in [4.78, 5) is 4.16. The average molecular weight is 169 g/mol. The fraction of sp³-hybridized carbons (Fsp3) is 0.444. The van der Waals surface area contributed by atoms with E-state index in [0.717, 1.165) is 8.58 Å². The van der Waals surface area contributed by atoms with Gasteiger partial charge in [0.05, 0.1) is 0 Å². The molecule has 2 heteroatoms. The van der Waals surface area contributed by atoms with Crippen molar-refractivity contribution in [3.63, 3.8) is 0 Å². The van der Waals surface area contributed by atoms with Gasteiger partial charge in [0.2, 0.25) is 0 Å². The summed E-state index contributed by atoms with van der Waals surface area (Å²) in [5, 5.41) is 1.37. The second-order valence-corrected chi connectivity index (χ2v) is 2.93. The Bertz CT molecular complexity index is 199. The van der Waals surface area contributed by atoms with E-state index in [4.69, 9.17) is 0 Å². The van der Waals surface area contributed by atoms with E-state index in [1.807, 2.05) is 33.0 Å². The summed E-state index contributed by atoms with van der Waals surface area (Å²) in [6.45, 7) is 8.22. The van der Waals surface area contributed by atoms with Crippen LogP contribution in [0.1, 0.15) is 19.5 Å². The van der Waals surface area contributed by atoms with Gasteiger partial charge in [-0.15, -0.1) is 0 Å². The lowest BCUT2D eigenvalue weighted by atomic mass is 10.4. The minimum Gasteiger partial charge on any atom is -0.261 e. The normalized spacial score (nSPS) is 9.45. The van der Waals surface area contributed by atoms with Crippen molar-refractivity contribution < 1.29 is 0 Å². The SMILES string of the molecule is CC.CPc1cccnc1C. The van der Waals surface area contributed by atoms with Crippen LogP contribution in [0.4, 0.5) is 0 Å². The molecule has 1 aromatic heterocycles. The third kappa shape index (κ3) is 3.48. The number of hydrogen-bond acceptors (Lipinski definition) is 1. The molecule has 11 heavy (non-hydrogen) atoms. The highest BCUT2D eigenvalue weighted by atomic mass is 31.1. The van der Waals surface area contributed by atoms with Gasteiger partial charge >= 0.3 is 0 Å². The largest absolute Gasteiger partial charge is 0.261 e. The fourth-order valence-corrected chi connectivity index (χ4v) is 1.44. The highest BCUT2D eigenvalue weighted by Crippen LogP contribution is 2.04. The van der Waals surface area contributed by atoms with Crippen LogP contribution in [0.15, 0.2) is 18.3 Å². The van der Waals surface area contributed by atoms with Crippen molar-refractivity contribution in [2.45, 2.75) is 20.8 Å². The van der Waals surface area contributed by atoms with Gasteiger partial charge in [0.15, 0.2) is 0 Å². The Hall–Kier alpha value is -0.420. The number of aryl methyl sites for hydroxylation is 1. The number of pyridine rings is 1. The van der Waals surface area contributed by atoms with Crippen LogP contribution in [0.2, 0.25) is 0 Å². The van der Waals surface area contributed by atoms with Gasteiger partial charge in [0, 0.05) is 11.9 Å². The van der Waals surface area contributed by atoms with Crippen LogP contribution in [0.25, 0.3) is 0 Å². The Morgan fingerprint density at radius 2 is 2.00 bits per heavy atom. The first-order chi connectivity index (χ1) is 5.34. The maximum atomic E-state index is 4.16. The molecule has 62 valence electrons. The molecular formula is C9H16NP. The minimum atomic E-state index is 0.866. The van der Waals surface area contributed by atoms with Crippen molar-refractivity contribution in [2.75, 3.05) is 6.66 Å². The summed E-state index contributed by atoms with van der Waals surface area (Å²) < 4.78 is 0. The molecule has 1 atom stereocenters. The molecule has 0 spiro atoms. The molecule has 0 amide bonds. The average Bonchev–Trinajstić information content (AvgIpc) is 2.09. The van der Waals surface area contributed by atoms with Crippen LogP contribution in [-0.4, -0.2) is 11.6 Å². The Balaban J connectivity index is 0.000000461. The molecule has 0 radical (unpaired) electrons. The standard InChI is InChI=1S/C7H10NP.C2H6/c1-6-7(9-2)4-3-5-8-6;1-2/h3-5,9H,1-2H3;1-2H3. The van der Waals surface area contributed by atoms with E-state index in [9.17, 15) is 0 Å². The molecule has 1 heterocycles. The Kier molecular flexibility index (Phi) is 6.06. The lowest BCUT2D eigenvalue weighted by molar-refractivity contribution is 1.22. The molecule has 0 saturated heterocycles. The summed E-state index contributed by atoms with van der Waals surface area (Å²) in [6.07, 6.45) is 1.83. The van der Waals surface area contributed by atoms with Crippen LogP contribution >= 0.6 is 8.58 Å². The molecule has 0 N–H and O–H groups in total. The number of aromatic nitrogens is 1. The summed E-state index contributed by atoms with van der Waals surface area (Å²) in [6, 6.07) is 4.11. The summed E-state index contributed by atoms with van der Waals surface area (Å²) in [5.74, 6) is 0. The van der Waals surface area contributed by atoms with Crippen molar-refractivity contribution in [3.05, 3.63) is 24.0 Å². The minimum absolute atomic E-state index is 0.866. The maximum Gasteiger partial charge on any atom is 0.0446 e. The Labute approximate surface area is 71.0 Å². The van der Waals surface area contributed by atoms with Gasteiger partial charge in [-0.2, -0.15) is 0 Å². The summed E-state index contributed by atoms with van der Waals surface area (Å²) in [5.41, 5.74) is 1.17. The summed E-state index contributed by atoms with van der Waals surface area (Å²) in [7, 11) is 0.866. The highest BCUT2D eigenvalue weighted by molar-refractivity contribution is 7.46. The van der Waals surface area contributed by atoms with E-state index in [-0.39, 0.29) is 0 Å². The van der Waals surface area contributed by atoms with Gasteiger partial charge in [0.1, 0.15) is 0 Å². The quantitative estimate of drug-likeness (QED) is 0.588. The molecule has 1 aromatic rings. The van der Waals surface area contributed by atoms with E-state index in [0.29, 0.717) is 0 Å². The zero-order valence-corrected chi connectivity index (χ0v) is 8.68. The molecular weight excluding hydrogens is 153 g/mol. The lowest BCUT2D eigenvalue weighted by Crippen LogP contribution is -2.00. The van der Waals surface area contributed by atoms with Crippen molar-refractivity contribution in [3.8, 4) is 0 Å². The van der Waals surface area contributed by atoms with Crippen LogP contribution in [0.3, 0.4) is 0 Å². The molecule has 1 rings (SSSR count). The van der Waals surface area contributed by atoms with E-state index in [1.165, 1.54) is 11.0 Å². The Morgan fingerprint density at radius 1 is 1.36 bits per heavy atom. The van der Waals surface area contributed by atoms with Crippen LogP contribution in [0, 0.1) is 6.92 Å². The van der Waals surface area contributed by atoms with E-state index in [2.05, 4.69) is 17.7 Å². The predicted octanol–water partition coefficient (Wildman–Crippen LogP) is 2.35. The molecule has 0 aromatic carbocycles. The van der Waals surface area contributed by atoms with Gasteiger partial charge in [-0.3, -0.25) is 4.98 Å². The topological polar surface area (TPSA) is 12.9 Å².